The van der Waals surface area contributed by atoms with Gasteiger partial charge in [-0.3, -0.25) is 0 Å². The van der Waals surface area contributed by atoms with Crippen molar-refractivity contribution in [3.05, 3.63) is 12.2 Å². The van der Waals surface area contributed by atoms with Crippen molar-refractivity contribution in [1.29, 1.82) is 0 Å². The van der Waals surface area contributed by atoms with Gasteiger partial charge in [0.2, 0.25) is 0 Å². The molecule has 0 saturated carbocycles. The third-order valence-electron chi connectivity index (χ3n) is 0.781. The van der Waals surface area contributed by atoms with E-state index in [1.165, 1.54) is 0 Å². The third-order valence-corrected chi connectivity index (χ3v) is 0.781. The predicted molar refractivity (Wildman–Crippen MR) is 26.1 cm³/mol. The van der Waals surface area contributed by atoms with Crippen molar-refractivity contribution >= 4 is 0 Å². The predicted octanol–water partition coefficient (Wildman–Crippen LogP) is 1.20. The lowest BCUT2D eigenvalue weighted by atomic mass is 10.2. The van der Waals surface area contributed by atoms with Crippen LogP contribution >= 0.6 is 0 Å². The van der Waals surface area contributed by atoms with Crippen LogP contribution < -0.4 is 0 Å². The summed E-state index contributed by atoms with van der Waals surface area (Å²) in [5.41, 5.74) is 1.15. The normalized spacial score (nSPS) is 15.5. The van der Waals surface area contributed by atoms with Crippen LogP contribution in [0.2, 0.25) is 0 Å². The molecule has 0 spiro atoms. The fourth-order valence-electron chi connectivity index (χ4n) is 0.288. The molecule has 0 aromatic heterocycles. The van der Waals surface area contributed by atoms with Gasteiger partial charge in [-0.2, -0.15) is 0 Å². The van der Waals surface area contributed by atoms with E-state index in [9.17, 15) is 0 Å². The molecule has 0 aromatic carbocycles. The summed E-state index contributed by atoms with van der Waals surface area (Å²) in [6, 6.07) is 0. The van der Waals surface area contributed by atoms with Crippen molar-refractivity contribution in [3.63, 3.8) is 0 Å². The summed E-state index contributed by atoms with van der Waals surface area (Å²) >= 11 is 0. The topological polar surface area (TPSA) is 0 Å². The van der Waals surface area contributed by atoms with Crippen molar-refractivity contribution in [3.8, 4) is 11.8 Å². The summed E-state index contributed by atoms with van der Waals surface area (Å²) in [5, 5.41) is 0. The molecule has 1 aliphatic rings. The van der Waals surface area contributed by atoms with Crippen molar-refractivity contribution < 1.29 is 0 Å². The van der Waals surface area contributed by atoms with Gasteiger partial charge in [0, 0.05) is 0 Å². The minimum absolute atomic E-state index is 0.407. The Hall–Kier alpha value is -0.700. The van der Waals surface area contributed by atoms with Crippen LogP contribution in [-0.4, -0.2) is 0 Å². The molecule has 0 aliphatic heterocycles. The second kappa shape index (κ2) is 0.879. The SMILES string of the molecule is C=C(C)C1C#C1. The minimum atomic E-state index is 0.407. The molecule has 0 heteroatoms. The number of allylic oxidation sites excluding steroid dienone is 1. The van der Waals surface area contributed by atoms with E-state index in [2.05, 4.69) is 18.4 Å². The first-order chi connectivity index (χ1) is 2.80. The van der Waals surface area contributed by atoms with Gasteiger partial charge in [-0.15, -0.1) is 0 Å². The van der Waals surface area contributed by atoms with Crippen molar-refractivity contribution in [2.75, 3.05) is 0 Å². The van der Waals surface area contributed by atoms with Gasteiger partial charge in [-0.25, -0.2) is 0 Å². The van der Waals surface area contributed by atoms with E-state index in [1.54, 1.807) is 0 Å². The Morgan fingerprint density at radius 2 is 2.17 bits per heavy atom. The molecule has 6 heavy (non-hydrogen) atoms. The van der Waals surface area contributed by atoms with Gasteiger partial charge in [-0.05, 0) is 6.92 Å². The maximum absolute atomic E-state index is 3.69. The van der Waals surface area contributed by atoms with E-state index in [1.807, 2.05) is 6.92 Å². The lowest BCUT2D eigenvalue weighted by Crippen LogP contribution is -1.75. The first kappa shape index (κ1) is 3.49. The quantitative estimate of drug-likeness (QED) is 0.326. The summed E-state index contributed by atoms with van der Waals surface area (Å²) in [4.78, 5) is 0. The molecule has 1 aliphatic carbocycles. The van der Waals surface area contributed by atoms with E-state index >= 15 is 0 Å². The molecule has 0 unspecified atom stereocenters. The van der Waals surface area contributed by atoms with Crippen LogP contribution in [0, 0.1) is 17.8 Å². The van der Waals surface area contributed by atoms with Crippen molar-refractivity contribution in [2.45, 2.75) is 6.92 Å². The van der Waals surface area contributed by atoms with E-state index in [0.29, 0.717) is 5.92 Å². The van der Waals surface area contributed by atoms with Crippen molar-refractivity contribution in [1.82, 2.24) is 0 Å². The van der Waals surface area contributed by atoms with E-state index in [4.69, 9.17) is 0 Å². The molecule has 0 atom stereocenters. The highest BCUT2D eigenvalue weighted by Gasteiger charge is 2.07. The summed E-state index contributed by atoms with van der Waals surface area (Å²) in [6.45, 7) is 5.68. The Morgan fingerprint density at radius 1 is 1.67 bits per heavy atom. The van der Waals surface area contributed by atoms with Crippen molar-refractivity contribution in [2.24, 2.45) is 5.92 Å². The molecule has 0 aromatic rings. The molecule has 0 radical (unpaired) electrons. The van der Waals surface area contributed by atoms with E-state index in [-0.39, 0.29) is 0 Å². The fourth-order valence-corrected chi connectivity index (χ4v) is 0.288. The van der Waals surface area contributed by atoms with Crippen LogP contribution in [0.25, 0.3) is 0 Å². The van der Waals surface area contributed by atoms with Gasteiger partial charge < -0.3 is 0 Å². The molecule has 0 fully saturated rings. The smallest absolute Gasteiger partial charge is 0.0979 e. The highest BCUT2D eigenvalue weighted by Crippen LogP contribution is 2.12. The maximum atomic E-state index is 3.69. The molecule has 0 saturated heterocycles. The van der Waals surface area contributed by atoms with E-state index < -0.39 is 0 Å². The molecular formula is C6H6. The zero-order valence-electron chi connectivity index (χ0n) is 3.78. The van der Waals surface area contributed by atoms with Gasteiger partial charge in [0.05, 0.1) is 0 Å². The van der Waals surface area contributed by atoms with Crippen LogP contribution in [-0.2, 0) is 0 Å². The monoisotopic (exact) mass is 78.0 g/mol. The molecule has 0 amide bonds. The average Bonchev–Trinajstić information content (AvgIpc) is 2.06. The lowest BCUT2D eigenvalue weighted by Gasteiger charge is -1.83. The first-order valence-electron chi connectivity index (χ1n) is 1.97. The summed E-state index contributed by atoms with van der Waals surface area (Å²) in [5.74, 6) is 6.18. The Bertz CT molecular complexity index is 124. The van der Waals surface area contributed by atoms with Gasteiger partial charge in [0.15, 0.2) is 0 Å². The van der Waals surface area contributed by atoms with E-state index in [0.717, 1.165) is 5.57 Å². The second-order valence-corrected chi connectivity index (χ2v) is 1.57. The van der Waals surface area contributed by atoms with Gasteiger partial charge in [0.1, 0.15) is 5.92 Å². The summed E-state index contributed by atoms with van der Waals surface area (Å²) in [6.07, 6.45) is 0. The first-order valence-corrected chi connectivity index (χ1v) is 1.97. The van der Waals surface area contributed by atoms with Crippen LogP contribution in [0.1, 0.15) is 6.92 Å². The highest BCUT2D eigenvalue weighted by atomic mass is 14.1. The molecular weight excluding hydrogens is 72.1 g/mol. The highest BCUT2D eigenvalue weighted by molar-refractivity contribution is 5.39. The van der Waals surface area contributed by atoms with Crippen LogP contribution in [0.3, 0.4) is 0 Å². The van der Waals surface area contributed by atoms with Gasteiger partial charge in [0.25, 0.3) is 0 Å². The zero-order chi connectivity index (χ0) is 4.57. The van der Waals surface area contributed by atoms with Crippen LogP contribution in [0.5, 0.6) is 0 Å². The zero-order valence-corrected chi connectivity index (χ0v) is 3.78. The standard InChI is InChI=1S/C6H6/c1-5(2)6-3-4-6/h6H,1H2,2H3. The number of rotatable bonds is 1. The fraction of sp³-hybridized carbons (Fsp3) is 0.333. The number of hydrogen-bond donors (Lipinski definition) is 0. The minimum Gasteiger partial charge on any atom is -0.0979 e. The Morgan fingerprint density at radius 3 is 2.17 bits per heavy atom. The van der Waals surface area contributed by atoms with Crippen LogP contribution in [0.15, 0.2) is 12.2 Å². The molecule has 30 valence electrons. The lowest BCUT2D eigenvalue weighted by molar-refractivity contribution is 1.14. The molecule has 0 nitrogen and oxygen atoms in total. The molecule has 1 rings (SSSR count). The maximum Gasteiger partial charge on any atom is 0.102 e. The Kier molecular flexibility index (Phi) is 0.511. The Balaban J connectivity index is 2.36. The van der Waals surface area contributed by atoms with Crippen LogP contribution in [0.4, 0.5) is 0 Å². The average molecular weight is 78.1 g/mol. The Labute approximate surface area is 37.9 Å². The molecule has 0 N–H and O–H groups in total. The summed E-state index contributed by atoms with van der Waals surface area (Å²) in [7, 11) is 0. The third kappa shape index (κ3) is 0.440. The number of hydrogen-bond acceptors (Lipinski definition) is 0. The molecule has 0 heterocycles. The molecule has 0 bridgehead atoms. The largest absolute Gasteiger partial charge is 0.102 e. The van der Waals surface area contributed by atoms with Gasteiger partial charge in [-0.1, -0.05) is 24.0 Å². The summed E-state index contributed by atoms with van der Waals surface area (Å²) < 4.78 is 0. The second-order valence-electron chi connectivity index (χ2n) is 1.57. The van der Waals surface area contributed by atoms with Gasteiger partial charge >= 0.3 is 0 Å².